The molecule has 0 bridgehead atoms. The molecular weight excluding hydrogens is 398 g/mol. The number of thiophene rings is 1. The number of hydrogen-bond donors (Lipinski definition) is 1. The van der Waals surface area contributed by atoms with Crippen molar-refractivity contribution in [2.45, 2.75) is 82.5 Å². The van der Waals surface area contributed by atoms with Crippen molar-refractivity contribution < 1.29 is 13.7 Å². The van der Waals surface area contributed by atoms with E-state index in [1.165, 1.54) is 11.3 Å². The third kappa shape index (κ3) is 5.33. The van der Waals surface area contributed by atoms with Crippen LogP contribution < -0.4 is 5.14 Å². The standard InChI is InChI=1S/C18H33N3O3S2Si/c1-17(2,3)24-16(22)21-10-9-14-13(12-21)11-15(25-14)26(19,23)20-27(7,8)18(4,5)6/h11H,9-10,12H2,1-8H3,(H2,19,20,23). The lowest BCUT2D eigenvalue weighted by atomic mass is 10.1. The van der Waals surface area contributed by atoms with Gasteiger partial charge >= 0.3 is 6.09 Å². The van der Waals surface area contributed by atoms with E-state index in [2.05, 4.69) is 37.9 Å². The Morgan fingerprint density at radius 1 is 1.30 bits per heavy atom. The second-order valence-corrected chi connectivity index (χ2v) is 18.0. The summed E-state index contributed by atoms with van der Waals surface area (Å²) in [6, 6.07) is 1.87. The van der Waals surface area contributed by atoms with Gasteiger partial charge in [-0.2, -0.15) is 0 Å². The van der Waals surface area contributed by atoms with Gasteiger partial charge in [0, 0.05) is 11.4 Å². The largest absolute Gasteiger partial charge is 0.444 e. The molecule has 0 saturated carbocycles. The fraction of sp³-hybridized carbons (Fsp3) is 0.722. The van der Waals surface area contributed by atoms with Crippen LogP contribution in [0.25, 0.3) is 0 Å². The topological polar surface area (TPSA) is 85.0 Å². The molecule has 0 fully saturated rings. The Hall–Kier alpha value is -0.903. The van der Waals surface area contributed by atoms with Crippen LogP contribution in [-0.4, -0.2) is 35.6 Å². The summed E-state index contributed by atoms with van der Waals surface area (Å²) in [4.78, 5) is 15.2. The van der Waals surface area contributed by atoms with Crippen LogP contribution >= 0.6 is 11.3 Å². The number of carbonyl (C=O) groups excluding carboxylic acids is 1. The average Bonchev–Trinajstić information content (AvgIpc) is 2.86. The van der Waals surface area contributed by atoms with Gasteiger partial charge in [-0.05, 0) is 57.0 Å². The Kier molecular flexibility index (Phi) is 5.94. The van der Waals surface area contributed by atoms with Gasteiger partial charge in [0.1, 0.15) is 19.7 Å². The molecule has 1 aliphatic heterocycles. The summed E-state index contributed by atoms with van der Waals surface area (Å²) >= 11 is 1.47. The molecule has 0 radical (unpaired) electrons. The van der Waals surface area contributed by atoms with Crippen LogP contribution in [0.15, 0.2) is 14.3 Å². The minimum absolute atomic E-state index is 0.0284. The zero-order chi connectivity index (χ0) is 20.8. The summed E-state index contributed by atoms with van der Waals surface area (Å²) in [5.74, 6) is 0. The Morgan fingerprint density at radius 3 is 2.41 bits per heavy atom. The molecule has 1 aromatic heterocycles. The Morgan fingerprint density at radius 2 is 1.89 bits per heavy atom. The van der Waals surface area contributed by atoms with Gasteiger partial charge in [-0.3, -0.25) is 4.03 Å². The Balaban J connectivity index is 2.29. The normalized spacial score (nSPS) is 17.9. The van der Waals surface area contributed by atoms with Crippen LogP contribution in [0.2, 0.25) is 18.1 Å². The summed E-state index contributed by atoms with van der Waals surface area (Å²) in [5, 5.41) is 6.18. The van der Waals surface area contributed by atoms with Crippen molar-refractivity contribution in [3.63, 3.8) is 0 Å². The number of amides is 1. The van der Waals surface area contributed by atoms with E-state index in [9.17, 15) is 9.00 Å². The minimum atomic E-state index is -2.94. The van der Waals surface area contributed by atoms with E-state index in [1.54, 1.807) is 4.90 Å². The quantitative estimate of drug-likeness (QED) is 0.686. The number of rotatable bonds is 2. The van der Waals surface area contributed by atoms with Crippen LogP contribution in [0.4, 0.5) is 4.79 Å². The first-order valence-electron chi connectivity index (χ1n) is 9.17. The van der Waals surface area contributed by atoms with Gasteiger partial charge in [0.05, 0.1) is 6.54 Å². The highest BCUT2D eigenvalue weighted by atomic mass is 32.2. The van der Waals surface area contributed by atoms with Gasteiger partial charge in [0.25, 0.3) is 0 Å². The third-order valence-electron chi connectivity index (χ3n) is 4.98. The zero-order valence-electron chi connectivity index (χ0n) is 17.7. The summed E-state index contributed by atoms with van der Waals surface area (Å²) in [6.45, 7) is 17.2. The number of hydrogen-bond acceptors (Lipinski definition) is 5. The van der Waals surface area contributed by atoms with Gasteiger partial charge < -0.3 is 9.64 Å². The van der Waals surface area contributed by atoms with Crippen molar-refractivity contribution in [3.8, 4) is 0 Å². The molecule has 1 unspecified atom stereocenters. The average molecular weight is 432 g/mol. The predicted octanol–water partition coefficient (Wildman–Crippen LogP) is 4.75. The molecular formula is C18H33N3O3S2Si. The van der Waals surface area contributed by atoms with Crippen molar-refractivity contribution in [2.24, 2.45) is 9.17 Å². The SMILES string of the molecule is CC(C)(C)OC(=O)N1CCc2sc(S(N)(=O)=N[Si](C)(C)C(C)(C)C)cc2C1. The number of fused-ring (bicyclic) bond motifs is 1. The van der Waals surface area contributed by atoms with Crippen molar-refractivity contribution in [3.05, 3.63) is 16.5 Å². The number of ether oxygens (including phenoxy) is 1. The highest BCUT2D eigenvalue weighted by Gasteiger charge is 2.38. The summed E-state index contributed by atoms with van der Waals surface area (Å²) in [6.07, 6.45) is 0.398. The van der Waals surface area contributed by atoms with Crippen LogP contribution in [-0.2, 0) is 27.6 Å². The molecule has 0 aliphatic carbocycles. The first-order valence-corrected chi connectivity index (χ1v) is 14.5. The van der Waals surface area contributed by atoms with Gasteiger partial charge in [-0.15, -0.1) is 11.3 Å². The summed E-state index contributed by atoms with van der Waals surface area (Å²) < 4.78 is 24.0. The van der Waals surface area contributed by atoms with Gasteiger partial charge in [0.2, 0.25) is 0 Å². The summed E-state index contributed by atoms with van der Waals surface area (Å²) in [7, 11) is -5.09. The molecule has 2 rings (SSSR count). The molecule has 27 heavy (non-hydrogen) atoms. The van der Waals surface area contributed by atoms with Crippen molar-refractivity contribution >= 4 is 35.6 Å². The lowest BCUT2D eigenvalue weighted by molar-refractivity contribution is 0.0225. The maximum atomic E-state index is 13.2. The Bertz CT molecular complexity index is 841. The molecule has 9 heteroatoms. The predicted molar refractivity (Wildman–Crippen MR) is 115 cm³/mol. The summed E-state index contributed by atoms with van der Waals surface area (Å²) in [5.41, 5.74) is 0.473. The fourth-order valence-corrected chi connectivity index (χ4v) is 8.94. The van der Waals surface area contributed by atoms with Gasteiger partial charge in [0.15, 0.2) is 8.24 Å². The molecule has 154 valence electrons. The molecule has 2 heterocycles. The maximum Gasteiger partial charge on any atom is 0.410 e. The smallest absolute Gasteiger partial charge is 0.410 e. The molecule has 1 atom stereocenters. The van der Waals surface area contributed by atoms with E-state index in [0.29, 0.717) is 17.3 Å². The van der Waals surface area contributed by atoms with E-state index in [0.717, 1.165) is 16.9 Å². The van der Waals surface area contributed by atoms with E-state index in [4.69, 9.17) is 9.88 Å². The molecule has 1 amide bonds. The third-order valence-corrected chi connectivity index (χ3v) is 14.3. The number of nitrogens with two attached hydrogens (primary N) is 1. The molecule has 1 aliphatic rings. The van der Waals surface area contributed by atoms with E-state index in [1.807, 2.05) is 26.8 Å². The molecule has 2 N–H and O–H groups in total. The monoisotopic (exact) mass is 431 g/mol. The molecule has 0 spiro atoms. The van der Waals surface area contributed by atoms with Crippen molar-refractivity contribution in [2.75, 3.05) is 6.54 Å². The molecule has 0 aromatic carbocycles. The Labute approximate surface area is 168 Å². The second kappa shape index (κ2) is 7.17. The number of carbonyl (C=O) groups is 1. The minimum Gasteiger partial charge on any atom is -0.444 e. The van der Waals surface area contributed by atoms with Gasteiger partial charge in [-0.1, -0.05) is 20.8 Å². The van der Waals surface area contributed by atoms with Crippen molar-refractivity contribution in [1.29, 1.82) is 0 Å². The maximum absolute atomic E-state index is 13.2. The van der Waals surface area contributed by atoms with E-state index >= 15 is 0 Å². The zero-order valence-corrected chi connectivity index (χ0v) is 20.3. The molecule has 0 saturated heterocycles. The van der Waals surface area contributed by atoms with Crippen molar-refractivity contribution in [1.82, 2.24) is 4.90 Å². The first-order chi connectivity index (χ1) is 12.0. The lowest BCUT2D eigenvalue weighted by Crippen LogP contribution is -2.39. The second-order valence-electron chi connectivity index (χ2n) is 9.63. The van der Waals surface area contributed by atoms with E-state index in [-0.39, 0.29) is 11.1 Å². The highest BCUT2D eigenvalue weighted by Crippen LogP contribution is 2.39. The number of nitrogens with zero attached hydrogens (tertiary/aromatic N) is 2. The first kappa shape index (κ1) is 22.4. The van der Waals surface area contributed by atoms with E-state index < -0.39 is 23.8 Å². The van der Waals surface area contributed by atoms with Crippen LogP contribution in [0.1, 0.15) is 52.0 Å². The highest BCUT2D eigenvalue weighted by molar-refractivity contribution is 7.94. The lowest BCUT2D eigenvalue weighted by Gasteiger charge is -2.32. The molecule has 6 nitrogen and oxygen atoms in total. The van der Waals surface area contributed by atoms with Crippen LogP contribution in [0.5, 0.6) is 0 Å². The van der Waals surface area contributed by atoms with Crippen LogP contribution in [0.3, 0.4) is 0 Å². The molecule has 1 aromatic rings. The fourth-order valence-electron chi connectivity index (χ4n) is 2.45. The van der Waals surface area contributed by atoms with Gasteiger partial charge in [-0.25, -0.2) is 14.1 Å². The van der Waals surface area contributed by atoms with Crippen LogP contribution in [0, 0.1) is 0 Å².